The predicted octanol–water partition coefficient (Wildman–Crippen LogP) is 1.87. The number of ether oxygens (including phenoxy) is 1. The number of amides is 1. The maximum absolute atomic E-state index is 13.0. The summed E-state index contributed by atoms with van der Waals surface area (Å²) in [5, 5.41) is 13.5. The molecule has 0 aliphatic carbocycles. The first-order valence-corrected chi connectivity index (χ1v) is 7.64. The van der Waals surface area contributed by atoms with E-state index in [-0.39, 0.29) is 18.6 Å². The molecule has 0 radical (unpaired) electrons. The molecule has 1 aliphatic rings. The maximum Gasteiger partial charge on any atom is 0.260 e. The summed E-state index contributed by atoms with van der Waals surface area (Å²) in [6.07, 6.45) is -0.449. The summed E-state index contributed by atoms with van der Waals surface area (Å²) < 4.78 is 10.8. The average molecular weight is 316 g/mol. The molecule has 1 N–H and O–H groups in total. The molecule has 2 atom stereocenters. The first-order chi connectivity index (χ1) is 11.1. The summed E-state index contributed by atoms with van der Waals surface area (Å²) in [6, 6.07) is 9.29. The van der Waals surface area contributed by atoms with Gasteiger partial charge in [0.1, 0.15) is 17.4 Å². The van der Waals surface area contributed by atoms with Crippen molar-refractivity contribution in [2.24, 2.45) is 0 Å². The summed E-state index contributed by atoms with van der Waals surface area (Å²) in [5.41, 5.74) is 2.00. The molecular weight excluding hydrogens is 296 g/mol. The molecule has 1 aliphatic heterocycles. The van der Waals surface area contributed by atoms with E-state index in [0.29, 0.717) is 30.2 Å². The van der Waals surface area contributed by atoms with E-state index in [4.69, 9.17) is 9.26 Å². The summed E-state index contributed by atoms with van der Waals surface area (Å²) in [5.74, 6) is 0.364. The van der Waals surface area contributed by atoms with Crippen LogP contribution in [0.5, 0.6) is 0 Å². The van der Waals surface area contributed by atoms with Crippen LogP contribution in [0.2, 0.25) is 0 Å². The van der Waals surface area contributed by atoms with E-state index in [2.05, 4.69) is 5.16 Å². The molecule has 6 heteroatoms. The van der Waals surface area contributed by atoms with Gasteiger partial charge in [0.15, 0.2) is 0 Å². The molecule has 23 heavy (non-hydrogen) atoms. The van der Waals surface area contributed by atoms with Crippen LogP contribution >= 0.6 is 0 Å². The molecule has 1 fully saturated rings. The van der Waals surface area contributed by atoms with Crippen LogP contribution in [0.15, 0.2) is 34.9 Å². The molecule has 1 aromatic heterocycles. The number of carbonyl (C=O) groups is 1. The fraction of sp³-hybridized carbons (Fsp3) is 0.412. The van der Waals surface area contributed by atoms with E-state index in [1.807, 2.05) is 30.3 Å². The van der Waals surface area contributed by atoms with Crippen LogP contribution in [0.1, 0.15) is 33.4 Å². The highest BCUT2D eigenvalue weighted by Gasteiger charge is 2.37. The fourth-order valence-electron chi connectivity index (χ4n) is 3.09. The van der Waals surface area contributed by atoms with Gasteiger partial charge >= 0.3 is 0 Å². The standard InChI is InChI=1S/C17H20N2O4/c1-11-15(12(2)23-18-11)17(21)19-8-9-22-14(10-20)16(19)13-6-4-3-5-7-13/h3-7,14,16,20H,8-10H2,1-2H3/t14-,16-/m1/s1. The molecule has 0 spiro atoms. The number of aliphatic hydroxyl groups is 1. The highest BCUT2D eigenvalue weighted by atomic mass is 16.5. The van der Waals surface area contributed by atoms with Gasteiger partial charge in [0, 0.05) is 6.54 Å². The van der Waals surface area contributed by atoms with Crippen molar-refractivity contribution in [2.45, 2.75) is 26.0 Å². The Morgan fingerprint density at radius 3 is 2.70 bits per heavy atom. The van der Waals surface area contributed by atoms with Gasteiger partial charge in [-0.05, 0) is 19.4 Å². The van der Waals surface area contributed by atoms with Crippen molar-refractivity contribution in [3.8, 4) is 0 Å². The van der Waals surface area contributed by atoms with Crippen LogP contribution in [0.3, 0.4) is 0 Å². The van der Waals surface area contributed by atoms with Gasteiger partial charge in [-0.2, -0.15) is 0 Å². The number of aliphatic hydroxyl groups excluding tert-OH is 1. The third-order valence-electron chi connectivity index (χ3n) is 4.18. The lowest BCUT2D eigenvalue weighted by Crippen LogP contribution is -2.49. The number of carbonyl (C=O) groups excluding carboxylic acids is 1. The largest absolute Gasteiger partial charge is 0.394 e. The van der Waals surface area contributed by atoms with Crippen LogP contribution in [0.4, 0.5) is 0 Å². The van der Waals surface area contributed by atoms with Crippen molar-refractivity contribution in [1.82, 2.24) is 10.1 Å². The fourth-order valence-corrected chi connectivity index (χ4v) is 3.09. The summed E-state index contributed by atoms with van der Waals surface area (Å²) in [7, 11) is 0. The first kappa shape index (κ1) is 15.7. The highest BCUT2D eigenvalue weighted by Crippen LogP contribution is 2.31. The van der Waals surface area contributed by atoms with Gasteiger partial charge in [-0.1, -0.05) is 35.5 Å². The SMILES string of the molecule is Cc1noc(C)c1C(=O)N1CCO[C@H](CO)[C@H]1c1ccccc1. The van der Waals surface area contributed by atoms with Crippen LogP contribution < -0.4 is 0 Å². The number of morpholine rings is 1. The van der Waals surface area contributed by atoms with Gasteiger partial charge < -0.3 is 19.3 Å². The molecule has 122 valence electrons. The van der Waals surface area contributed by atoms with E-state index in [1.54, 1.807) is 18.7 Å². The Morgan fingerprint density at radius 2 is 2.09 bits per heavy atom. The monoisotopic (exact) mass is 316 g/mol. The molecule has 2 aromatic rings. The zero-order chi connectivity index (χ0) is 16.4. The van der Waals surface area contributed by atoms with Crippen molar-refractivity contribution in [2.75, 3.05) is 19.8 Å². The molecule has 0 saturated carbocycles. The van der Waals surface area contributed by atoms with Crippen LogP contribution in [-0.2, 0) is 4.74 Å². The van der Waals surface area contributed by atoms with Gasteiger partial charge in [-0.15, -0.1) is 0 Å². The van der Waals surface area contributed by atoms with E-state index >= 15 is 0 Å². The summed E-state index contributed by atoms with van der Waals surface area (Å²) >= 11 is 0. The van der Waals surface area contributed by atoms with E-state index in [0.717, 1.165) is 5.56 Å². The second-order valence-corrected chi connectivity index (χ2v) is 5.65. The lowest BCUT2D eigenvalue weighted by Gasteiger charge is -2.40. The maximum atomic E-state index is 13.0. The number of hydrogen-bond donors (Lipinski definition) is 1. The molecule has 1 saturated heterocycles. The Bertz CT molecular complexity index is 664. The number of nitrogens with zero attached hydrogens (tertiary/aromatic N) is 2. The number of rotatable bonds is 3. The second kappa shape index (κ2) is 6.52. The Balaban J connectivity index is 1.99. The number of benzene rings is 1. The lowest BCUT2D eigenvalue weighted by atomic mass is 9.97. The molecule has 1 aromatic carbocycles. The molecule has 1 amide bonds. The quantitative estimate of drug-likeness (QED) is 0.935. The first-order valence-electron chi connectivity index (χ1n) is 7.64. The average Bonchev–Trinajstić information content (AvgIpc) is 2.93. The second-order valence-electron chi connectivity index (χ2n) is 5.65. The molecule has 0 unspecified atom stereocenters. The van der Waals surface area contributed by atoms with Gasteiger partial charge in [0.2, 0.25) is 0 Å². The molecule has 3 rings (SSSR count). The smallest absolute Gasteiger partial charge is 0.260 e. The Hall–Kier alpha value is -2.18. The van der Waals surface area contributed by atoms with Crippen molar-refractivity contribution < 1.29 is 19.2 Å². The highest BCUT2D eigenvalue weighted by molar-refractivity contribution is 5.96. The normalized spacial score (nSPS) is 21.4. The van der Waals surface area contributed by atoms with Crippen LogP contribution in [0, 0.1) is 13.8 Å². The van der Waals surface area contributed by atoms with Crippen molar-refractivity contribution in [3.63, 3.8) is 0 Å². The van der Waals surface area contributed by atoms with E-state index in [1.165, 1.54) is 0 Å². The van der Waals surface area contributed by atoms with Gasteiger partial charge in [-0.3, -0.25) is 4.79 Å². The third kappa shape index (κ3) is 2.87. The van der Waals surface area contributed by atoms with Crippen molar-refractivity contribution in [3.05, 3.63) is 52.9 Å². The molecule has 6 nitrogen and oxygen atoms in total. The summed E-state index contributed by atoms with van der Waals surface area (Å²) in [4.78, 5) is 14.8. The number of hydrogen-bond acceptors (Lipinski definition) is 5. The lowest BCUT2D eigenvalue weighted by molar-refractivity contribution is -0.0811. The number of aromatic nitrogens is 1. The minimum atomic E-state index is -0.449. The third-order valence-corrected chi connectivity index (χ3v) is 4.18. The minimum Gasteiger partial charge on any atom is -0.394 e. The van der Waals surface area contributed by atoms with E-state index in [9.17, 15) is 9.90 Å². The molecule has 2 heterocycles. The molecule has 0 bridgehead atoms. The Kier molecular flexibility index (Phi) is 4.45. The Morgan fingerprint density at radius 1 is 1.35 bits per heavy atom. The zero-order valence-corrected chi connectivity index (χ0v) is 13.2. The van der Waals surface area contributed by atoms with Gasteiger partial charge in [-0.25, -0.2) is 0 Å². The van der Waals surface area contributed by atoms with Crippen molar-refractivity contribution >= 4 is 5.91 Å². The topological polar surface area (TPSA) is 75.8 Å². The van der Waals surface area contributed by atoms with Crippen molar-refractivity contribution in [1.29, 1.82) is 0 Å². The van der Waals surface area contributed by atoms with Crippen LogP contribution in [-0.4, -0.2) is 46.9 Å². The van der Waals surface area contributed by atoms with Gasteiger partial charge in [0.05, 0.1) is 24.9 Å². The minimum absolute atomic E-state index is 0.142. The Labute approximate surface area is 134 Å². The van der Waals surface area contributed by atoms with Gasteiger partial charge in [0.25, 0.3) is 5.91 Å². The van der Waals surface area contributed by atoms with E-state index < -0.39 is 6.10 Å². The zero-order valence-electron chi connectivity index (χ0n) is 13.2. The summed E-state index contributed by atoms with van der Waals surface area (Å²) in [6.45, 7) is 4.19. The predicted molar refractivity (Wildman–Crippen MR) is 83.0 cm³/mol. The number of aryl methyl sites for hydroxylation is 2. The van der Waals surface area contributed by atoms with Crippen LogP contribution in [0.25, 0.3) is 0 Å². The molecular formula is C17H20N2O4.